The first kappa shape index (κ1) is 13.7. The van der Waals surface area contributed by atoms with Crippen molar-refractivity contribution in [3.05, 3.63) is 28.5 Å². The summed E-state index contributed by atoms with van der Waals surface area (Å²) in [5, 5.41) is 3.26. The molecule has 0 spiro atoms. The van der Waals surface area contributed by atoms with Crippen LogP contribution in [0, 0.1) is 5.82 Å². The van der Waals surface area contributed by atoms with Crippen LogP contribution in [0.1, 0.15) is 12.8 Å². The minimum absolute atomic E-state index is 0. The first-order valence-electron chi connectivity index (χ1n) is 5.08. The van der Waals surface area contributed by atoms with Crippen molar-refractivity contribution >= 4 is 28.3 Å². The molecule has 1 aromatic carbocycles. The van der Waals surface area contributed by atoms with Gasteiger partial charge in [-0.1, -0.05) is 0 Å². The van der Waals surface area contributed by atoms with Crippen LogP contribution in [0.25, 0.3) is 0 Å². The molecule has 0 aliphatic carbocycles. The highest BCUT2D eigenvalue weighted by Gasteiger charge is 2.15. The van der Waals surface area contributed by atoms with Gasteiger partial charge in [0.05, 0.1) is 4.47 Å². The molecule has 2 nitrogen and oxygen atoms in total. The molecule has 1 heterocycles. The van der Waals surface area contributed by atoms with Crippen molar-refractivity contribution in [2.75, 3.05) is 13.1 Å². The summed E-state index contributed by atoms with van der Waals surface area (Å²) in [5.41, 5.74) is 0. The lowest BCUT2D eigenvalue weighted by Crippen LogP contribution is -2.34. The van der Waals surface area contributed by atoms with Crippen molar-refractivity contribution in [2.24, 2.45) is 0 Å². The van der Waals surface area contributed by atoms with E-state index in [1.165, 1.54) is 12.1 Å². The van der Waals surface area contributed by atoms with Gasteiger partial charge in [0.15, 0.2) is 0 Å². The van der Waals surface area contributed by atoms with Gasteiger partial charge in [0.2, 0.25) is 0 Å². The summed E-state index contributed by atoms with van der Waals surface area (Å²) >= 11 is 3.35. The van der Waals surface area contributed by atoms with Gasteiger partial charge < -0.3 is 10.1 Å². The summed E-state index contributed by atoms with van der Waals surface area (Å²) in [5.74, 6) is 0.337. The zero-order chi connectivity index (χ0) is 10.7. The van der Waals surface area contributed by atoms with Crippen LogP contribution in [0.4, 0.5) is 4.39 Å². The predicted molar refractivity (Wildman–Crippen MR) is 67.9 cm³/mol. The Kier molecular flexibility index (Phi) is 5.52. The Morgan fingerprint density at radius 2 is 2.00 bits per heavy atom. The van der Waals surface area contributed by atoms with Crippen LogP contribution in [0.3, 0.4) is 0 Å². The Labute approximate surface area is 109 Å². The Morgan fingerprint density at radius 3 is 2.69 bits per heavy atom. The Morgan fingerprint density at radius 1 is 1.31 bits per heavy atom. The molecular weight excluding hydrogens is 296 g/mol. The molecule has 16 heavy (non-hydrogen) atoms. The first-order valence-corrected chi connectivity index (χ1v) is 5.87. The Bertz CT molecular complexity index is 345. The van der Waals surface area contributed by atoms with Crippen molar-refractivity contribution < 1.29 is 9.13 Å². The van der Waals surface area contributed by atoms with E-state index in [-0.39, 0.29) is 24.3 Å². The van der Waals surface area contributed by atoms with E-state index in [4.69, 9.17) is 4.74 Å². The zero-order valence-electron chi connectivity index (χ0n) is 8.71. The fraction of sp³-hybridized carbons (Fsp3) is 0.455. The van der Waals surface area contributed by atoms with Gasteiger partial charge in [-0.2, -0.15) is 0 Å². The Hall–Kier alpha value is -0.320. The van der Waals surface area contributed by atoms with Gasteiger partial charge in [0.1, 0.15) is 17.7 Å². The second-order valence-electron chi connectivity index (χ2n) is 3.64. The van der Waals surface area contributed by atoms with E-state index in [1.807, 2.05) is 0 Å². The number of halogens is 3. The van der Waals surface area contributed by atoms with Crippen LogP contribution in [0.5, 0.6) is 5.75 Å². The van der Waals surface area contributed by atoms with E-state index in [2.05, 4.69) is 21.2 Å². The fourth-order valence-corrected chi connectivity index (χ4v) is 2.00. The molecule has 1 aliphatic rings. The van der Waals surface area contributed by atoms with Gasteiger partial charge in [-0.05, 0) is 54.0 Å². The number of benzene rings is 1. The summed E-state index contributed by atoms with van der Waals surface area (Å²) in [4.78, 5) is 0. The van der Waals surface area contributed by atoms with E-state index in [0.717, 1.165) is 30.4 Å². The third-order valence-corrected chi connectivity index (χ3v) is 3.13. The van der Waals surface area contributed by atoms with Crippen molar-refractivity contribution in [3.8, 4) is 5.75 Å². The van der Waals surface area contributed by atoms with Crippen LogP contribution >= 0.6 is 28.3 Å². The molecule has 5 heteroatoms. The van der Waals surface area contributed by atoms with Crippen LogP contribution in [-0.2, 0) is 0 Å². The number of piperidine rings is 1. The second-order valence-corrected chi connectivity index (χ2v) is 4.50. The third-order valence-electron chi connectivity index (χ3n) is 2.47. The fourth-order valence-electron chi connectivity index (χ4n) is 1.66. The third kappa shape index (κ3) is 3.61. The first-order chi connectivity index (χ1) is 7.25. The minimum atomic E-state index is -0.262. The lowest BCUT2D eigenvalue weighted by atomic mass is 10.1. The van der Waals surface area contributed by atoms with E-state index >= 15 is 0 Å². The van der Waals surface area contributed by atoms with Gasteiger partial charge in [0.25, 0.3) is 0 Å². The van der Waals surface area contributed by atoms with Crippen LogP contribution < -0.4 is 10.1 Å². The molecule has 0 saturated carbocycles. The molecule has 1 aliphatic heterocycles. The van der Waals surface area contributed by atoms with E-state index in [1.54, 1.807) is 6.07 Å². The number of ether oxygens (including phenoxy) is 1. The number of hydrogen-bond acceptors (Lipinski definition) is 2. The van der Waals surface area contributed by atoms with Gasteiger partial charge >= 0.3 is 0 Å². The molecule has 0 atom stereocenters. The summed E-state index contributed by atoms with van der Waals surface area (Å²) in [6.45, 7) is 1.94. The molecule has 1 saturated heterocycles. The summed E-state index contributed by atoms with van der Waals surface area (Å²) in [6, 6.07) is 4.51. The maximum atomic E-state index is 13.0. The van der Waals surface area contributed by atoms with E-state index in [9.17, 15) is 4.39 Å². The molecule has 0 aromatic heterocycles. The van der Waals surface area contributed by atoms with Crippen LogP contribution in [-0.4, -0.2) is 19.2 Å². The largest absolute Gasteiger partial charge is 0.489 e. The zero-order valence-corrected chi connectivity index (χ0v) is 11.1. The van der Waals surface area contributed by atoms with Crippen molar-refractivity contribution in [1.29, 1.82) is 0 Å². The minimum Gasteiger partial charge on any atom is -0.489 e. The smallest absolute Gasteiger partial charge is 0.136 e. The Balaban J connectivity index is 0.00000128. The monoisotopic (exact) mass is 309 g/mol. The number of hydrogen-bond donors (Lipinski definition) is 1. The molecule has 0 radical (unpaired) electrons. The standard InChI is InChI=1S/C11H13BrFNO.ClH/c12-10-2-1-8(13)7-11(10)15-9-3-5-14-6-4-9;/h1-2,7,9,14H,3-6H2;1H. The summed E-state index contributed by atoms with van der Waals surface area (Å²) in [7, 11) is 0. The molecule has 1 fully saturated rings. The van der Waals surface area contributed by atoms with Crippen molar-refractivity contribution in [2.45, 2.75) is 18.9 Å². The van der Waals surface area contributed by atoms with E-state index in [0.29, 0.717) is 5.75 Å². The lowest BCUT2D eigenvalue weighted by molar-refractivity contribution is 0.161. The number of nitrogens with one attached hydrogen (secondary N) is 1. The predicted octanol–water partition coefficient (Wildman–Crippen LogP) is 3.14. The van der Waals surface area contributed by atoms with Gasteiger partial charge in [-0.25, -0.2) is 4.39 Å². The molecule has 0 bridgehead atoms. The van der Waals surface area contributed by atoms with Crippen molar-refractivity contribution in [1.82, 2.24) is 5.32 Å². The van der Waals surface area contributed by atoms with Crippen molar-refractivity contribution in [3.63, 3.8) is 0 Å². The quantitative estimate of drug-likeness (QED) is 0.906. The van der Waals surface area contributed by atoms with Gasteiger partial charge in [-0.3, -0.25) is 0 Å². The lowest BCUT2D eigenvalue weighted by Gasteiger charge is -2.24. The molecular formula is C11H14BrClFNO. The van der Waals surface area contributed by atoms with E-state index < -0.39 is 0 Å². The molecule has 1 N–H and O–H groups in total. The normalized spacial score (nSPS) is 16.6. The maximum absolute atomic E-state index is 13.0. The molecule has 90 valence electrons. The van der Waals surface area contributed by atoms with Gasteiger partial charge in [-0.15, -0.1) is 12.4 Å². The highest BCUT2D eigenvalue weighted by atomic mass is 79.9. The highest BCUT2D eigenvalue weighted by molar-refractivity contribution is 9.10. The molecule has 0 amide bonds. The van der Waals surface area contributed by atoms with Crippen LogP contribution in [0.2, 0.25) is 0 Å². The molecule has 0 unspecified atom stereocenters. The summed E-state index contributed by atoms with van der Waals surface area (Å²) < 4.78 is 19.5. The highest BCUT2D eigenvalue weighted by Crippen LogP contribution is 2.27. The second kappa shape index (κ2) is 6.42. The van der Waals surface area contributed by atoms with Gasteiger partial charge in [0, 0.05) is 6.07 Å². The van der Waals surface area contributed by atoms with Crippen LogP contribution in [0.15, 0.2) is 22.7 Å². The topological polar surface area (TPSA) is 21.3 Å². The summed E-state index contributed by atoms with van der Waals surface area (Å²) in [6.07, 6.45) is 2.15. The maximum Gasteiger partial charge on any atom is 0.136 e. The molecule has 1 aromatic rings. The average Bonchev–Trinajstić information content (AvgIpc) is 2.25. The SMILES string of the molecule is Cl.Fc1ccc(Br)c(OC2CCNCC2)c1. The average molecular weight is 311 g/mol. The number of rotatable bonds is 2. The molecule has 2 rings (SSSR count).